The van der Waals surface area contributed by atoms with Crippen molar-refractivity contribution in [2.75, 3.05) is 0 Å². The van der Waals surface area contributed by atoms with Crippen LogP contribution in [0.25, 0.3) is 0 Å². The average Bonchev–Trinajstić information content (AvgIpc) is 2.48. The molecule has 1 aliphatic rings. The predicted molar refractivity (Wildman–Crippen MR) is 90.7 cm³/mol. The van der Waals surface area contributed by atoms with Crippen LogP contribution in [0.4, 0.5) is 0 Å². The fourth-order valence-electron chi connectivity index (χ4n) is 3.69. The molecule has 0 aliphatic heterocycles. The molecule has 1 aromatic carbocycles. The summed E-state index contributed by atoms with van der Waals surface area (Å²) in [5.41, 5.74) is 1.32. The minimum absolute atomic E-state index is 0.00226. The van der Waals surface area contributed by atoms with Gasteiger partial charge in [0.25, 0.3) is 0 Å². The Morgan fingerprint density at radius 3 is 2.55 bits per heavy atom. The number of allylic oxidation sites excluding steroid dienone is 1. The van der Waals surface area contributed by atoms with Gasteiger partial charge in [0.1, 0.15) is 6.10 Å². The van der Waals surface area contributed by atoms with Gasteiger partial charge in [-0.1, -0.05) is 63.6 Å². The van der Waals surface area contributed by atoms with Crippen LogP contribution in [-0.4, -0.2) is 12.1 Å². The second-order valence-corrected chi connectivity index (χ2v) is 7.09. The van der Waals surface area contributed by atoms with Crippen LogP contribution in [0.5, 0.6) is 0 Å². The minimum atomic E-state index is -0.213. The molecule has 0 heterocycles. The van der Waals surface area contributed by atoms with Crippen LogP contribution >= 0.6 is 0 Å². The maximum absolute atomic E-state index is 11.9. The second kappa shape index (κ2) is 7.13. The Morgan fingerprint density at radius 1 is 1.23 bits per heavy atom. The first-order valence-corrected chi connectivity index (χ1v) is 8.34. The number of hydrogen-bond donors (Lipinski definition) is 0. The molecule has 0 amide bonds. The molecule has 0 aromatic heterocycles. The summed E-state index contributed by atoms with van der Waals surface area (Å²) in [6, 6.07) is 10.6. The van der Waals surface area contributed by atoms with Crippen molar-refractivity contribution in [3.8, 4) is 0 Å². The van der Waals surface area contributed by atoms with Gasteiger partial charge >= 0.3 is 5.97 Å². The van der Waals surface area contributed by atoms with Crippen LogP contribution in [0.3, 0.4) is 0 Å². The van der Waals surface area contributed by atoms with Crippen LogP contribution in [-0.2, 0) is 14.9 Å². The second-order valence-electron chi connectivity index (χ2n) is 7.09. The van der Waals surface area contributed by atoms with Gasteiger partial charge in [-0.25, -0.2) is 4.79 Å². The minimum Gasteiger partial charge on any atom is -0.459 e. The molecule has 0 saturated heterocycles. The highest BCUT2D eigenvalue weighted by Crippen LogP contribution is 2.43. The zero-order valence-electron chi connectivity index (χ0n) is 14.2. The van der Waals surface area contributed by atoms with Crippen molar-refractivity contribution < 1.29 is 9.53 Å². The molecule has 2 nitrogen and oxygen atoms in total. The average molecular weight is 300 g/mol. The van der Waals surface area contributed by atoms with Gasteiger partial charge in [-0.2, -0.15) is 0 Å². The Labute approximate surface area is 134 Å². The third-order valence-corrected chi connectivity index (χ3v) is 5.07. The van der Waals surface area contributed by atoms with Gasteiger partial charge in [0.2, 0.25) is 0 Å². The first kappa shape index (κ1) is 16.8. The molecule has 120 valence electrons. The fraction of sp³-hybridized carbons (Fsp3) is 0.550. The lowest BCUT2D eigenvalue weighted by Gasteiger charge is -2.43. The van der Waals surface area contributed by atoms with Gasteiger partial charge in [-0.3, -0.25) is 0 Å². The normalized spacial score (nSPS) is 26.1. The summed E-state index contributed by atoms with van der Waals surface area (Å²) in [7, 11) is 0. The molecular weight excluding hydrogens is 272 g/mol. The maximum Gasteiger partial charge on any atom is 0.330 e. The first-order chi connectivity index (χ1) is 10.4. The first-order valence-electron chi connectivity index (χ1n) is 8.34. The van der Waals surface area contributed by atoms with Crippen molar-refractivity contribution >= 4 is 5.97 Å². The largest absolute Gasteiger partial charge is 0.459 e. The van der Waals surface area contributed by atoms with E-state index in [0.29, 0.717) is 11.8 Å². The summed E-state index contributed by atoms with van der Waals surface area (Å²) in [5, 5.41) is 0. The molecule has 0 spiro atoms. The van der Waals surface area contributed by atoms with E-state index in [0.717, 1.165) is 12.8 Å². The van der Waals surface area contributed by atoms with Crippen LogP contribution < -0.4 is 0 Å². The van der Waals surface area contributed by atoms with Gasteiger partial charge in [0, 0.05) is 12.0 Å². The Kier molecular flexibility index (Phi) is 5.44. The van der Waals surface area contributed by atoms with Gasteiger partial charge in [0.05, 0.1) is 0 Å². The molecule has 22 heavy (non-hydrogen) atoms. The molecular formula is C20H28O2. The van der Waals surface area contributed by atoms with Crippen molar-refractivity contribution in [1.82, 2.24) is 0 Å². The maximum atomic E-state index is 11.9. The summed E-state index contributed by atoms with van der Waals surface area (Å²) in [6.07, 6.45) is 6.54. The third-order valence-electron chi connectivity index (χ3n) is 5.07. The highest BCUT2D eigenvalue weighted by Gasteiger charge is 2.41. The molecule has 0 bridgehead atoms. The zero-order valence-corrected chi connectivity index (χ0v) is 14.2. The zero-order chi connectivity index (χ0) is 16.2. The Balaban J connectivity index is 2.23. The van der Waals surface area contributed by atoms with Crippen LogP contribution in [0.1, 0.15) is 52.5 Å². The monoisotopic (exact) mass is 300 g/mol. The van der Waals surface area contributed by atoms with E-state index in [1.54, 1.807) is 6.08 Å². The summed E-state index contributed by atoms with van der Waals surface area (Å²) in [5.74, 6) is 0.766. The van der Waals surface area contributed by atoms with Crippen LogP contribution in [0.15, 0.2) is 42.5 Å². The number of hydrogen-bond acceptors (Lipinski definition) is 2. The lowest BCUT2D eigenvalue weighted by molar-refractivity contribution is -0.150. The lowest BCUT2D eigenvalue weighted by Crippen LogP contribution is -2.43. The number of esters is 1. The van der Waals surface area contributed by atoms with Gasteiger partial charge in [-0.05, 0) is 36.7 Å². The van der Waals surface area contributed by atoms with E-state index in [1.807, 2.05) is 13.0 Å². The van der Waals surface area contributed by atoms with Gasteiger partial charge in [-0.15, -0.1) is 0 Å². The van der Waals surface area contributed by atoms with Crippen molar-refractivity contribution in [3.05, 3.63) is 48.0 Å². The van der Waals surface area contributed by atoms with E-state index in [1.165, 1.54) is 18.1 Å². The molecule has 3 unspecified atom stereocenters. The highest BCUT2D eigenvalue weighted by atomic mass is 16.5. The number of carbonyl (C=O) groups excluding carboxylic acids is 1. The molecule has 2 heteroatoms. The SMILES string of the molecule is CC=CC(=O)OC1CC(C)CCC1C(C)(C)c1ccccc1. The number of ether oxygens (including phenoxy) is 1. The standard InChI is InChI=1S/C20H28O2/c1-5-9-19(21)22-18-14-15(2)12-13-17(18)20(3,4)16-10-7-6-8-11-16/h5-11,15,17-18H,12-14H2,1-4H3. The summed E-state index contributed by atoms with van der Waals surface area (Å²) in [4.78, 5) is 11.9. The Hall–Kier alpha value is -1.57. The van der Waals surface area contributed by atoms with E-state index in [2.05, 4.69) is 45.0 Å². The molecule has 1 aromatic rings. The lowest BCUT2D eigenvalue weighted by atomic mass is 9.64. The predicted octanol–water partition coefficient (Wildman–Crippen LogP) is 4.89. The molecule has 3 atom stereocenters. The smallest absolute Gasteiger partial charge is 0.330 e. The van der Waals surface area contributed by atoms with E-state index in [4.69, 9.17) is 4.74 Å². The van der Waals surface area contributed by atoms with Crippen molar-refractivity contribution in [2.45, 2.75) is 58.5 Å². The molecule has 1 fully saturated rings. The van der Waals surface area contributed by atoms with Gasteiger partial charge in [0.15, 0.2) is 0 Å². The quantitative estimate of drug-likeness (QED) is 0.584. The van der Waals surface area contributed by atoms with Crippen molar-refractivity contribution in [3.63, 3.8) is 0 Å². The van der Waals surface area contributed by atoms with E-state index in [-0.39, 0.29) is 17.5 Å². The molecule has 2 rings (SSSR count). The summed E-state index contributed by atoms with van der Waals surface area (Å²) in [6.45, 7) is 8.65. The molecule has 1 aliphatic carbocycles. The van der Waals surface area contributed by atoms with Crippen LogP contribution in [0.2, 0.25) is 0 Å². The Bertz CT molecular complexity index is 516. The van der Waals surface area contributed by atoms with E-state index < -0.39 is 0 Å². The summed E-state index contributed by atoms with van der Waals surface area (Å²) >= 11 is 0. The summed E-state index contributed by atoms with van der Waals surface area (Å²) < 4.78 is 5.80. The third kappa shape index (κ3) is 3.79. The number of benzene rings is 1. The van der Waals surface area contributed by atoms with Crippen molar-refractivity contribution in [2.24, 2.45) is 11.8 Å². The topological polar surface area (TPSA) is 26.3 Å². The number of rotatable bonds is 4. The fourth-order valence-corrected chi connectivity index (χ4v) is 3.69. The van der Waals surface area contributed by atoms with Crippen LogP contribution in [0, 0.1) is 11.8 Å². The van der Waals surface area contributed by atoms with Crippen molar-refractivity contribution in [1.29, 1.82) is 0 Å². The number of carbonyl (C=O) groups is 1. The van der Waals surface area contributed by atoms with E-state index >= 15 is 0 Å². The van der Waals surface area contributed by atoms with Gasteiger partial charge < -0.3 is 4.74 Å². The Morgan fingerprint density at radius 2 is 1.91 bits per heavy atom. The van der Waals surface area contributed by atoms with E-state index in [9.17, 15) is 4.79 Å². The molecule has 1 saturated carbocycles. The molecule has 0 radical (unpaired) electrons. The molecule has 0 N–H and O–H groups in total. The highest BCUT2D eigenvalue weighted by molar-refractivity contribution is 5.81.